The van der Waals surface area contributed by atoms with E-state index in [-0.39, 0.29) is 67.9 Å². The minimum atomic E-state index is -4.64. The molecule has 7 heavy (non-hydrogen) atoms. The molecule has 0 aliphatic rings. The minimum absolute atomic E-state index is 0. The van der Waals surface area contributed by atoms with E-state index in [2.05, 4.69) is 0 Å². The van der Waals surface area contributed by atoms with Gasteiger partial charge < -0.3 is 17.5 Å². The van der Waals surface area contributed by atoms with Crippen LogP contribution in [0.1, 0.15) is 2.85 Å². The molecule has 3 N–H and O–H groups in total. The van der Waals surface area contributed by atoms with Gasteiger partial charge in [-0.25, -0.2) is 4.57 Å². The van der Waals surface area contributed by atoms with E-state index in [4.69, 9.17) is 19.2 Å². The Bertz CT molecular complexity index is 64.7. The zero-order valence-corrected chi connectivity index (χ0v) is 12.2. The summed E-state index contributed by atoms with van der Waals surface area (Å²) in [5.41, 5.74) is 0. The van der Waals surface area contributed by atoms with Crippen LogP contribution in [0.5, 0.6) is 0 Å². The van der Waals surface area contributed by atoms with Crippen LogP contribution < -0.4 is 0 Å². The Morgan fingerprint density at radius 2 is 1.29 bits per heavy atom. The Morgan fingerprint density at radius 1 is 1.29 bits per heavy atom. The molecule has 2 radical (unpaired) electrons. The van der Waals surface area contributed by atoms with Crippen molar-refractivity contribution < 1.29 is 22.1 Å². The van der Waals surface area contributed by atoms with Crippen molar-refractivity contribution in [2.75, 3.05) is 0 Å². The Morgan fingerprint density at radius 3 is 1.29 bits per heavy atom. The summed E-state index contributed by atoms with van der Waals surface area (Å²) < 4.78 is 8.88. The summed E-state index contributed by atoms with van der Waals surface area (Å²) in [7, 11) is -4.64. The van der Waals surface area contributed by atoms with Crippen LogP contribution in [-0.4, -0.2) is 79.7 Å². The number of hydrogen-bond donors (Lipinski definition) is 3. The quantitative estimate of drug-likeness (QED) is 0.349. The number of phosphoric acid groups is 1. The first kappa shape index (κ1) is 16.1. The summed E-state index contributed by atoms with van der Waals surface area (Å²) in [6.07, 6.45) is 0. The van der Waals surface area contributed by atoms with Crippen LogP contribution in [-0.2, 0) is 4.57 Å². The van der Waals surface area contributed by atoms with Gasteiger partial charge in [-0.3, -0.25) is 0 Å². The van der Waals surface area contributed by atoms with Crippen LogP contribution in [0.3, 0.4) is 0 Å². The van der Waals surface area contributed by atoms with Gasteiger partial charge in [0.1, 0.15) is 0 Å². The third kappa shape index (κ3) is 62.5. The van der Waals surface area contributed by atoms with Crippen molar-refractivity contribution in [3.8, 4) is 0 Å². The van der Waals surface area contributed by atoms with Crippen molar-refractivity contribution in [3.05, 3.63) is 0 Å². The average Bonchev–Trinajstić information content (AvgIpc) is 0.722. The first-order valence-corrected chi connectivity index (χ1v) is 2.35. The van der Waals surface area contributed by atoms with Gasteiger partial charge in [-0.15, -0.1) is 0 Å². The first-order chi connectivity index (χ1) is 2.00. The Labute approximate surface area is 93.7 Å². The molecule has 0 saturated carbocycles. The van der Waals surface area contributed by atoms with Crippen molar-refractivity contribution in [3.63, 3.8) is 0 Å². The van der Waals surface area contributed by atoms with E-state index in [9.17, 15) is 0 Å². The summed E-state index contributed by atoms with van der Waals surface area (Å²) in [6.45, 7) is 0. The van der Waals surface area contributed by atoms with Crippen LogP contribution in [0.4, 0.5) is 0 Å². The van der Waals surface area contributed by atoms with E-state index in [0.29, 0.717) is 0 Å². The average molecular weight is 349 g/mol. The molecule has 0 spiro atoms. The van der Waals surface area contributed by atoms with Crippen LogP contribution in [0.25, 0.3) is 0 Å². The molecule has 0 amide bonds. The summed E-state index contributed by atoms with van der Waals surface area (Å²) in [5, 5.41) is 0. The summed E-state index contributed by atoms with van der Waals surface area (Å²) in [4.78, 5) is 21.6. The molecule has 0 bridgehead atoms. The molecule has 0 aromatic rings. The Kier molecular flexibility index (Phi) is 14.8. The fourth-order valence-electron chi connectivity index (χ4n) is 0. The molecular weight excluding hydrogens is 342 g/mol. The van der Waals surface area contributed by atoms with Gasteiger partial charge in [0, 0.05) is 0 Å². The monoisotopic (exact) mass is 350 g/mol. The molecule has 0 saturated heterocycles. The summed E-state index contributed by atoms with van der Waals surface area (Å²) in [5.74, 6) is 0. The molecule has 0 rings (SSSR count). The van der Waals surface area contributed by atoms with E-state index in [1.54, 1.807) is 0 Å². The molecule has 7 heteroatoms. The molecule has 0 aliphatic carbocycles. The normalized spacial score (nSPS) is 8.43. The van der Waals surface area contributed by atoms with Gasteiger partial charge in [-0.05, 0) is 0 Å². The maximum atomic E-state index is 8.88. The number of hydrogen-bond acceptors (Lipinski definition) is 1. The van der Waals surface area contributed by atoms with Gasteiger partial charge in [0.05, 0.1) is 0 Å². The van der Waals surface area contributed by atoms with Gasteiger partial charge in [-0.2, -0.15) is 0 Å². The van der Waals surface area contributed by atoms with Crippen LogP contribution in [0.15, 0.2) is 0 Å². The summed E-state index contributed by atoms with van der Waals surface area (Å²) >= 11 is 0. The van der Waals surface area contributed by atoms with Crippen molar-refractivity contribution in [1.29, 1.82) is 0 Å². The molecule has 4 nitrogen and oxygen atoms in total. The third-order valence-electron chi connectivity index (χ3n) is 0. The van der Waals surface area contributed by atoms with Crippen molar-refractivity contribution >= 4 is 72.9 Å². The molecule has 0 heterocycles. The third-order valence-corrected chi connectivity index (χ3v) is 0. The SMILES string of the molecule is O=P(O)(O)O.[Ca+2].[H-].[H-].[PbH2]. The molecule has 0 fully saturated rings. The molecule has 0 aromatic heterocycles. The standard InChI is InChI=1S/Ca.H3O4P.Pb.4H/c;1-5(2,3)4;;;;;/h;(H3,1,2,3,4);;;;;/q+2;;;;;2*-1. The van der Waals surface area contributed by atoms with Crippen LogP contribution >= 0.6 is 7.82 Å². The van der Waals surface area contributed by atoms with Gasteiger partial charge in [0.2, 0.25) is 0 Å². The van der Waals surface area contributed by atoms with E-state index in [0.717, 1.165) is 0 Å². The van der Waals surface area contributed by atoms with Gasteiger partial charge in [-0.1, -0.05) is 0 Å². The van der Waals surface area contributed by atoms with E-state index in [1.807, 2.05) is 0 Å². The predicted molar refractivity (Wildman–Crippen MR) is 30.8 cm³/mol. The zero-order chi connectivity index (χ0) is 4.50. The molecule has 42 valence electrons. The Hall–Kier alpha value is 2.29. The second-order valence-electron chi connectivity index (χ2n) is 0.513. The fraction of sp³-hybridized carbons (Fsp3) is 0. The molecule has 0 atom stereocenters. The second-order valence-corrected chi connectivity index (χ2v) is 1.54. The summed E-state index contributed by atoms with van der Waals surface area (Å²) in [6, 6.07) is 0. The van der Waals surface area contributed by atoms with Crippen molar-refractivity contribution in [2.45, 2.75) is 0 Å². The van der Waals surface area contributed by atoms with Crippen molar-refractivity contribution in [2.24, 2.45) is 0 Å². The van der Waals surface area contributed by atoms with Gasteiger partial charge in [0.25, 0.3) is 0 Å². The molecular formula is H7CaO4PPb. The second kappa shape index (κ2) is 6.41. The maximum absolute atomic E-state index is 8.88. The Balaban J connectivity index is -0.0000000133. The van der Waals surface area contributed by atoms with Gasteiger partial charge in [0.15, 0.2) is 0 Å². The molecule has 0 aromatic carbocycles. The zero-order valence-electron chi connectivity index (χ0n) is 5.61. The van der Waals surface area contributed by atoms with Crippen molar-refractivity contribution in [1.82, 2.24) is 0 Å². The van der Waals surface area contributed by atoms with E-state index >= 15 is 0 Å². The fourth-order valence-corrected chi connectivity index (χ4v) is 0. The molecule has 0 unspecified atom stereocenters. The number of rotatable bonds is 0. The topological polar surface area (TPSA) is 77.8 Å². The van der Waals surface area contributed by atoms with Crippen LogP contribution in [0, 0.1) is 0 Å². The first-order valence-electron chi connectivity index (χ1n) is 0.783. The van der Waals surface area contributed by atoms with Gasteiger partial charge >= 0.3 is 72.9 Å². The van der Waals surface area contributed by atoms with E-state index in [1.165, 1.54) is 0 Å². The molecule has 0 aliphatic heterocycles. The predicted octanol–water partition coefficient (Wildman–Crippen LogP) is -2.00. The van der Waals surface area contributed by atoms with Crippen LogP contribution in [0.2, 0.25) is 0 Å². The van der Waals surface area contributed by atoms with E-state index < -0.39 is 7.82 Å².